The van der Waals surface area contributed by atoms with Gasteiger partial charge in [-0.15, -0.1) is 0 Å². The number of nitrogens with zero attached hydrogens (tertiary/aromatic N) is 2. The molecule has 8 heteroatoms. The van der Waals surface area contributed by atoms with Crippen LogP contribution in [0.4, 0.5) is 8.78 Å². The predicted molar refractivity (Wildman–Crippen MR) is 105 cm³/mol. The van der Waals surface area contributed by atoms with Crippen molar-refractivity contribution in [1.29, 1.82) is 0 Å². The van der Waals surface area contributed by atoms with Crippen molar-refractivity contribution >= 4 is 18.1 Å². The Morgan fingerprint density at radius 1 is 1.21 bits per heavy atom. The molecule has 1 heterocycles. The van der Waals surface area contributed by atoms with Gasteiger partial charge in [-0.05, 0) is 43.8 Å². The summed E-state index contributed by atoms with van der Waals surface area (Å²) >= 11 is 5.28. The van der Waals surface area contributed by atoms with Gasteiger partial charge < -0.3 is 5.32 Å². The topological polar surface area (TPSA) is 62.7 Å². The summed E-state index contributed by atoms with van der Waals surface area (Å²) in [7, 11) is 0. The Morgan fingerprint density at radius 3 is 2.61 bits per heavy atom. The van der Waals surface area contributed by atoms with Gasteiger partial charge in [0.2, 0.25) is 5.91 Å². The van der Waals surface area contributed by atoms with Gasteiger partial charge in [-0.2, -0.15) is 5.10 Å². The number of aromatic nitrogens is 3. The minimum Gasteiger partial charge on any atom is -0.350 e. The first kappa shape index (κ1) is 19.9. The van der Waals surface area contributed by atoms with Crippen molar-refractivity contribution in [2.45, 2.75) is 32.9 Å². The van der Waals surface area contributed by atoms with E-state index in [1.54, 1.807) is 11.5 Å². The fraction of sp³-hybridized carbons (Fsp3) is 0.250. The highest BCUT2D eigenvalue weighted by atomic mass is 32.1. The van der Waals surface area contributed by atoms with Crippen LogP contribution in [0.25, 0.3) is 11.4 Å². The summed E-state index contributed by atoms with van der Waals surface area (Å²) in [4.78, 5) is 12.3. The molecule has 146 valence electrons. The van der Waals surface area contributed by atoms with E-state index in [0.717, 1.165) is 23.3 Å². The van der Waals surface area contributed by atoms with E-state index in [1.807, 2.05) is 31.2 Å². The normalized spacial score (nSPS) is 12.0. The van der Waals surface area contributed by atoms with E-state index in [2.05, 4.69) is 15.5 Å². The molecule has 0 aliphatic rings. The van der Waals surface area contributed by atoms with Crippen LogP contribution in [0.3, 0.4) is 0 Å². The van der Waals surface area contributed by atoms with Crippen LogP contribution in [-0.4, -0.2) is 20.7 Å². The molecule has 0 saturated carbocycles. The van der Waals surface area contributed by atoms with Crippen LogP contribution in [0.1, 0.15) is 30.5 Å². The summed E-state index contributed by atoms with van der Waals surface area (Å²) in [5.41, 5.74) is 2.52. The Bertz CT molecular complexity index is 1040. The largest absolute Gasteiger partial charge is 0.350 e. The van der Waals surface area contributed by atoms with Crippen LogP contribution < -0.4 is 5.32 Å². The Hall–Kier alpha value is -2.87. The number of nitrogens with one attached hydrogen (secondary N) is 2. The second kappa shape index (κ2) is 8.43. The lowest BCUT2D eigenvalue weighted by Gasteiger charge is -2.15. The van der Waals surface area contributed by atoms with E-state index < -0.39 is 17.7 Å². The van der Waals surface area contributed by atoms with E-state index in [-0.39, 0.29) is 12.3 Å². The summed E-state index contributed by atoms with van der Waals surface area (Å²) < 4.78 is 28.6. The van der Waals surface area contributed by atoms with E-state index in [9.17, 15) is 13.6 Å². The molecule has 1 amide bonds. The maximum absolute atomic E-state index is 13.4. The maximum Gasteiger partial charge on any atom is 0.222 e. The molecule has 0 unspecified atom stereocenters. The van der Waals surface area contributed by atoms with Crippen molar-refractivity contribution in [2.75, 3.05) is 0 Å². The molecule has 0 fully saturated rings. The summed E-state index contributed by atoms with van der Waals surface area (Å²) in [6.45, 7) is 4.06. The van der Waals surface area contributed by atoms with Gasteiger partial charge >= 0.3 is 0 Å². The Kier molecular flexibility index (Phi) is 5.99. The molecule has 2 aromatic carbocycles. The summed E-state index contributed by atoms with van der Waals surface area (Å²) in [6, 6.07) is 11.0. The number of carbonyl (C=O) groups excluding carboxylic acids is 1. The molecular weight excluding hydrogens is 382 g/mol. The number of amides is 1. The van der Waals surface area contributed by atoms with Crippen molar-refractivity contribution in [1.82, 2.24) is 20.1 Å². The van der Waals surface area contributed by atoms with Crippen LogP contribution >= 0.6 is 12.2 Å². The zero-order chi connectivity index (χ0) is 20.3. The van der Waals surface area contributed by atoms with Crippen molar-refractivity contribution in [3.63, 3.8) is 0 Å². The third kappa shape index (κ3) is 4.51. The van der Waals surface area contributed by atoms with E-state index in [1.165, 1.54) is 6.07 Å². The molecule has 0 aliphatic heterocycles. The Labute approximate surface area is 166 Å². The monoisotopic (exact) mass is 402 g/mol. The zero-order valence-electron chi connectivity index (χ0n) is 15.5. The third-order valence-electron chi connectivity index (χ3n) is 4.45. The molecule has 3 rings (SSSR count). The smallest absolute Gasteiger partial charge is 0.222 e. The van der Waals surface area contributed by atoms with Crippen LogP contribution in [0, 0.1) is 23.3 Å². The highest BCUT2D eigenvalue weighted by molar-refractivity contribution is 7.71. The lowest BCUT2D eigenvalue weighted by molar-refractivity contribution is -0.121. The fourth-order valence-corrected chi connectivity index (χ4v) is 3.06. The Morgan fingerprint density at radius 2 is 1.93 bits per heavy atom. The van der Waals surface area contributed by atoms with Crippen LogP contribution in [0.2, 0.25) is 0 Å². The van der Waals surface area contributed by atoms with Crippen molar-refractivity contribution in [2.24, 2.45) is 0 Å². The second-order valence-electron chi connectivity index (χ2n) is 6.58. The van der Waals surface area contributed by atoms with Gasteiger partial charge in [-0.25, -0.2) is 8.78 Å². The standard InChI is InChI=1S/C20H20F2N4OS/c1-12-3-5-14(6-4-12)19-24-25-20(28)26(19)10-9-18(27)23-13(2)15-7-8-16(21)17(22)11-15/h3-8,11,13H,9-10H2,1-2H3,(H,23,27)(H,25,28)/t13-/m1/s1. The number of hydrogen-bond donors (Lipinski definition) is 2. The first-order valence-electron chi connectivity index (χ1n) is 8.81. The van der Waals surface area contributed by atoms with E-state index >= 15 is 0 Å². The molecule has 0 saturated heterocycles. The van der Waals surface area contributed by atoms with E-state index in [4.69, 9.17) is 12.2 Å². The first-order valence-corrected chi connectivity index (χ1v) is 9.22. The van der Waals surface area contributed by atoms with Crippen LogP contribution in [0.15, 0.2) is 42.5 Å². The molecule has 2 N–H and O–H groups in total. The molecule has 1 atom stereocenters. The van der Waals surface area contributed by atoms with Crippen LogP contribution in [-0.2, 0) is 11.3 Å². The molecule has 28 heavy (non-hydrogen) atoms. The van der Waals surface area contributed by atoms with Crippen molar-refractivity contribution in [3.8, 4) is 11.4 Å². The number of hydrogen-bond acceptors (Lipinski definition) is 3. The number of halogens is 2. The fourth-order valence-electron chi connectivity index (χ4n) is 2.84. The number of aryl methyl sites for hydroxylation is 1. The van der Waals surface area contributed by atoms with Gasteiger partial charge in [-0.1, -0.05) is 35.9 Å². The van der Waals surface area contributed by atoms with Gasteiger partial charge in [0.15, 0.2) is 22.2 Å². The SMILES string of the molecule is Cc1ccc(-c2n[nH]c(=S)n2CCC(=O)N[C@H](C)c2ccc(F)c(F)c2)cc1. The van der Waals surface area contributed by atoms with Gasteiger partial charge in [0, 0.05) is 18.5 Å². The molecule has 0 radical (unpaired) electrons. The van der Waals surface area contributed by atoms with Gasteiger partial charge in [0.1, 0.15) is 0 Å². The predicted octanol–water partition coefficient (Wildman–Crippen LogP) is 4.46. The number of aromatic amines is 1. The molecule has 3 aromatic rings. The van der Waals surface area contributed by atoms with Gasteiger partial charge in [0.25, 0.3) is 0 Å². The average Bonchev–Trinajstić information content (AvgIpc) is 3.03. The quantitative estimate of drug-likeness (QED) is 0.599. The molecule has 0 aliphatic carbocycles. The first-order chi connectivity index (χ1) is 13.3. The maximum atomic E-state index is 13.4. The van der Waals surface area contributed by atoms with E-state index in [0.29, 0.717) is 22.7 Å². The molecule has 5 nitrogen and oxygen atoms in total. The lowest BCUT2D eigenvalue weighted by atomic mass is 10.1. The third-order valence-corrected chi connectivity index (χ3v) is 4.76. The van der Waals surface area contributed by atoms with Crippen molar-refractivity contribution < 1.29 is 13.6 Å². The number of H-pyrrole nitrogens is 1. The van der Waals surface area contributed by atoms with Gasteiger partial charge in [-0.3, -0.25) is 14.5 Å². The minimum atomic E-state index is -0.939. The number of carbonyl (C=O) groups is 1. The minimum absolute atomic E-state index is 0.167. The number of rotatable bonds is 6. The van der Waals surface area contributed by atoms with Gasteiger partial charge in [0.05, 0.1) is 6.04 Å². The highest BCUT2D eigenvalue weighted by Crippen LogP contribution is 2.19. The average molecular weight is 402 g/mol. The Balaban J connectivity index is 1.66. The second-order valence-corrected chi connectivity index (χ2v) is 6.97. The van der Waals surface area contributed by atoms with Crippen molar-refractivity contribution in [3.05, 3.63) is 70.0 Å². The lowest BCUT2D eigenvalue weighted by Crippen LogP contribution is -2.27. The molecule has 1 aromatic heterocycles. The molecule has 0 bridgehead atoms. The van der Waals surface area contributed by atoms with Crippen LogP contribution in [0.5, 0.6) is 0 Å². The number of benzene rings is 2. The summed E-state index contributed by atoms with van der Waals surface area (Å²) in [5, 5.41) is 9.80. The highest BCUT2D eigenvalue weighted by Gasteiger charge is 2.14. The summed E-state index contributed by atoms with van der Waals surface area (Å²) in [5.74, 6) is -1.42. The molecular formula is C20H20F2N4OS. The zero-order valence-corrected chi connectivity index (χ0v) is 16.3. The molecule has 0 spiro atoms. The summed E-state index contributed by atoms with van der Waals surface area (Å²) in [6.07, 6.45) is 0.167.